The van der Waals surface area contributed by atoms with E-state index in [-0.39, 0.29) is 11.3 Å². The third-order valence-corrected chi connectivity index (χ3v) is 6.11. The van der Waals surface area contributed by atoms with Gasteiger partial charge in [0.05, 0.1) is 0 Å². The number of aromatic nitrogens is 3. The summed E-state index contributed by atoms with van der Waals surface area (Å²) in [6, 6.07) is 17.8. The van der Waals surface area contributed by atoms with Crippen LogP contribution in [0.3, 0.4) is 0 Å². The van der Waals surface area contributed by atoms with Gasteiger partial charge in [-0.15, -0.1) is 15.0 Å². The van der Waals surface area contributed by atoms with Gasteiger partial charge >= 0.3 is 6.03 Å². The second-order valence-electron chi connectivity index (χ2n) is 8.67. The molecule has 1 aliphatic heterocycles. The number of urea groups is 1. The molecule has 186 valence electrons. The number of carbonyl (C=O) groups excluding carboxylic acids is 3. The molecule has 37 heavy (non-hydrogen) atoms. The van der Waals surface area contributed by atoms with Crippen LogP contribution < -0.4 is 15.5 Å². The molecule has 3 N–H and O–H groups in total. The maximum Gasteiger partial charge on any atom is 0.328 e. The highest BCUT2D eigenvalue weighted by atomic mass is 16.3. The maximum atomic E-state index is 12.0. The molecule has 0 atom stereocenters. The second-order valence-corrected chi connectivity index (χ2v) is 8.67. The highest BCUT2D eigenvalue weighted by Gasteiger charge is 2.27. The van der Waals surface area contributed by atoms with E-state index in [2.05, 4.69) is 25.7 Å². The van der Waals surface area contributed by atoms with E-state index < -0.39 is 17.8 Å². The Labute approximate surface area is 212 Å². The number of phenolic OH excluding ortho intramolecular Hbond substituents is 1. The van der Waals surface area contributed by atoms with Crippen LogP contribution in [0, 0.1) is 6.92 Å². The number of barbiturate groups is 1. The van der Waals surface area contributed by atoms with Crippen molar-refractivity contribution in [2.24, 2.45) is 0 Å². The summed E-state index contributed by atoms with van der Waals surface area (Å²) in [5, 5.41) is 24.2. The lowest BCUT2D eigenvalue weighted by atomic mass is 10.1. The van der Waals surface area contributed by atoms with Crippen molar-refractivity contribution >= 4 is 40.6 Å². The molecule has 0 saturated carbocycles. The molecule has 0 radical (unpaired) electrons. The summed E-state index contributed by atoms with van der Waals surface area (Å²) in [5.41, 5.74) is 5.16. The molecule has 4 aromatic rings. The Morgan fingerprint density at radius 3 is 2.35 bits per heavy atom. The Morgan fingerprint density at radius 1 is 0.946 bits per heavy atom. The third-order valence-electron chi connectivity index (χ3n) is 6.11. The summed E-state index contributed by atoms with van der Waals surface area (Å²) in [4.78, 5) is 38.7. The second kappa shape index (κ2) is 9.57. The molecule has 1 fully saturated rings. The number of aryl methyl sites for hydroxylation is 1. The summed E-state index contributed by atoms with van der Waals surface area (Å²) in [7, 11) is 0. The Balaban J connectivity index is 1.38. The van der Waals surface area contributed by atoms with Crippen LogP contribution in [-0.2, 0) is 16.1 Å². The van der Waals surface area contributed by atoms with Gasteiger partial charge in [0.15, 0.2) is 0 Å². The number of phenols is 1. The number of benzene rings is 3. The average molecular weight is 497 g/mol. The van der Waals surface area contributed by atoms with Crippen LogP contribution in [0.4, 0.5) is 10.5 Å². The molecule has 0 spiro atoms. The van der Waals surface area contributed by atoms with Crippen molar-refractivity contribution in [2.75, 3.05) is 11.4 Å². The topological polar surface area (TPSA) is 129 Å². The predicted molar refractivity (Wildman–Crippen MR) is 138 cm³/mol. The lowest BCUT2D eigenvalue weighted by Gasteiger charge is -2.24. The molecular formula is C27H24N6O4. The van der Waals surface area contributed by atoms with E-state index in [1.54, 1.807) is 18.2 Å². The zero-order chi connectivity index (χ0) is 26.1. The standard InChI is InChI=1S/C27H24N6O4/c1-3-32(19-10-8-17(9-11-19)14-20-25(35)28-27(37)29-26(20)36)15-18-5-4-6-23(24(18)34)33-30-21-12-7-16(2)13-22(21)31-33/h4-14,34H,3,15H2,1-2H3,(H2,28,29,35,36,37). The SMILES string of the molecule is CCN(Cc1cccc(-n2nc3ccc(C)cc3n2)c1O)c1ccc(C=C2C(=O)NC(=O)NC2=O)cc1. The number of rotatable bonds is 6. The lowest BCUT2D eigenvalue weighted by Crippen LogP contribution is -2.51. The monoisotopic (exact) mass is 496 g/mol. The summed E-state index contributed by atoms with van der Waals surface area (Å²) in [6.45, 7) is 5.10. The van der Waals surface area contributed by atoms with Gasteiger partial charge in [0.2, 0.25) is 0 Å². The zero-order valence-corrected chi connectivity index (χ0v) is 20.2. The minimum atomic E-state index is -0.833. The molecule has 1 aliphatic rings. The number of fused-ring (bicyclic) bond motifs is 1. The smallest absolute Gasteiger partial charge is 0.328 e. The molecule has 0 aliphatic carbocycles. The van der Waals surface area contributed by atoms with E-state index in [1.807, 2.05) is 56.3 Å². The number of hydrogen-bond acceptors (Lipinski definition) is 7. The summed E-state index contributed by atoms with van der Waals surface area (Å²) < 4.78 is 0. The van der Waals surface area contributed by atoms with Gasteiger partial charge in [0, 0.05) is 24.3 Å². The highest BCUT2D eigenvalue weighted by Crippen LogP contribution is 2.29. The van der Waals surface area contributed by atoms with Crippen LogP contribution in [0.5, 0.6) is 5.75 Å². The molecule has 0 unspecified atom stereocenters. The van der Waals surface area contributed by atoms with Gasteiger partial charge in [-0.25, -0.2) is 4.79 Å². The number of nitrogens with zero attached hydrogens (tertiary/aromatic N) is 4. The fourth-order valence-electron chi connectivity index (χ4n) is 4.14. The molecule has 0 bridgehead atoms. The van der Waals surface area contributed by atoms with Crippen LogP contribution in [0.1, 0.15) is 23.6 Å². The molecule has 10 heteroatoms. The zero-order valence-electron chi connectivity index (χ0n) is 20.2. The quantitative estimate of drug-likeness (QED) is 0.276. The molecule has 4 amide bonds. The van der Waals surface area contributed by atoms with Gasteiger partial charge in [-0.05, 0) is 61.4 Å². The number of aromatic hydroxyl groups is 1. The normalized spacial score (nSPS) is 13.5. The first-order valence-corrected chi connectivity index (χ1v) is 11.7. The largest absolute Gasteiger partial charge is 0.505 e. The summed E-state index contributed by atoms with van der Waals surface area (Å²) in [6.07, 6.45) is 1.43. The maximum absolute atomic E-state index is 12.0. The van der Waals surface area contributed by atoms with Crippen molar-refractivity contribution in [1.82, 2.24) is 25.6 Å². The van der Waals surface area contributed by atoms with Crippen LogP contribution in [0.15, 0.2) is 66.2 Å². The Morgan fingerprint density at radius 2 is 1.65 bits per heavy atom. The van der Waals surface area contributed by atoms with Gasteiger partial charge in [-0.2, -0.15) is 0 Å². The van der Waals surface area contributed by atoms with E-state index in [0.29, 0.717) is 29.9 Å². The lowest BCUT2D eigenvalue weighted by molar-refractivity contribution is -0.123. The Kier molecular flexibility index (Phi) is 6.14. The summed E-state index contributed by atoms with van der Waals surface area (Å²) in [5.74, 6) is -1.38. The minimum absolute atomic E-state index is 0.100. The van der Waals surface area contributed by atoms with Crippen LogP contribution in [0.25, 0.3) is 22.8 Å². The minimum Gasteiger partial charge on any atom is -0.505 e. The van der Waals surface area contributed by atoms with Crippen LogP contribution in [-0.4, -0.2) is 44.5 Å². The van der Waals surface area contributed by atoms with Crippen molar-refractivity contribution in [3.63, 3.8) is 0 Å². The fourth-order valence-corrected chi connectivity index (χ4v) is 4.14. The first kappa shape index (κ1) is 23.7. The number of anilines is 1. The van der Waals surface area contributed by atoms with Crippen molar-refractivity contribution in [3.05, 3.63) is 82.9 Å². The van der Waals surface area contributed by atoms with Crippen molar-refractivity contribution < 1.29 is 19.5 Å². The van der Waals surface area contributed by atoms with Gasteiger partial charge in [0.1, 0.15) is 28.0 Å². The number of imide groups is 2. The van der Waals surface area contributed by atoms with E-state index >= 15 is 0 Å². The van der Waals surface area contributed by atoms with E-state index in [4.69, 9.17) is 0 Å². The van der Waals surface area contributed by atoms with Crippen LogP contribution in [0.2, 0.25) is 0 Å². The molecule has 10 nitrogen and oxygen atoms in total. The fraction of sp³-hybridized carbons (Fsp3) is 0.148. The Hall–Kier alpha value is -4.99. The predicted octanol–water partition coefficient (Wildman–Crippen LogP) is 3.21. The van der Waals surface area contributed by atoms with Gasteiger partial charge < -0.3 is 10.0 Å². The van der Waals surface area contributed by atoms with Gasteiger partial charge in [-0.1, -0.05) is 30.3 Å². The number of carbonyl (C=O) groups is 3. The van der Waals surface area contributed by atoms with Gasteiger partial charge in [0.25, 0.3) is 11.8 Å². The first-order chi connectivity index (χ1) is 17.8. The molecule has 3 aromatic carbocycles. The third kappa shape index (κ3) is 4.76. The molecule has 5 rings (SSSR count). The molecular weight excluding hydrogens is 472 g/mol. The number of para-hydroxylation sites is 1. The number of nitrogens with one attached hydrogen (secondary N) is 2. The first-order valence-electron chi connectivity index (χ1n) is 11.7. The Bertz CT molecular complexity index is 1550. The van der Waals surface area contributed by atoms with Crippen LogP contribution >= 0.6 is 0 Å². The van der Waals surface area contributed by atoms with Crippen molar-refractivity contribution in [2.45, 2.75) is 20.4 Å². The number of amides is 4. The van der Waals surface area contributed by atoms with E-state index in [9.17, 15) is 19.5 Å². The van der Waals surface area contributed by atoms with Gasteiger partial charge in [-0.3, -0.25) is 20.2 Å². The van der Waals surface area contributed by atoms with Crippen molar-refractivity contribution in [3.8, 4) is 11.4 Å². The van der Waals surface area contributed by atoms with E-state index in [0.717, 1.165) is 22.3 Å². The number of hydrogen-bond donors (Lipinski definition) is 3. The van der Waals surface area contributed by atoms with Crippen molar-refractivity contribution in [1.29, 1.82) is 0 Å². The van der Waals surface area contributed by atoms with E-state index in [1.165, 1.54) is 10.9 Å². The molecule has 1 saturated heterocycles. The molecule has 1 aromatic heterocycles. The summed E-state index contributed by atoms with van der Waals surface area (Å²) >= 11 is 0. The molecule has 2 heterocycles. The average Bonchev–Trinajstić information content (AvgIpc) is 3.29. The highest BCUT2D eigenvalue weighted by molar-refractivity contribution is 6.31.